The molecule has 0 spiro atoms. The first-order valence-corrected chi connectivity index (χ1v) is 9.56. The van der Waals surface area contributed by atoms with Crippen LogP contribution in [0.2, 0.25) is 0 Å². The van der Waals surface area contributed by atoms with Crippen molar-refractivity contribution in [2.75, 3.05) is 0 Å². The van der Waals surface area contributed by atoms with E-state index in [1.807, 2.05) is 0 Å². The number of hydrogen-bond acceptors (Lipinski definition) is 0. The summed E-state index contributed by atoms with van der Waals surface area (Å²) in [6.45, 7) is 4.50. The minimum Gasteiger partial charge on any atom is -1.00 e. The van der Waals surface area contributed by atoms with Crippen LogP contribution in [0.1, 0.15) is 57.1 Å². The molecule has 3 aliphatic rings. The van der Waals surface area contributed by atoms with Gasteiger partial charge in [-0.25, -0.2) is 0 Å². The van der Waals surface area contributed by atoms with Gasteiger partial charge < -0.3 is 24.8 Å². The van der Waals surface area contributed by atoms with Gasteiger partial charge in [0.15, 0.2) is 0 Å². The van der Waals surface area contributed by atoms with E-state index < -0.39 is 0 Å². The molecule has 123 valence electrons. The summed E-state index contributed by atoms with van der Waals surface area (Å²) in [4.78, 5) is 0. The first-order valence-electron chi connectivity index (χ1n) is 8.33. The molecule has 0 nitrogen and oxygen atoms in total. The Balaban J connectivity index is 0.00000104. The van der Waals surface area contributed by atoms with Gasteiger partial charge in [-0.2, -0.15) is 0 Å². The summed E-state index contributed by atoms with van der Waals surface area (Å²) in [7, 11) is 0. The molecule has 0 aliphatic heterocycles. The Morgan fingerprint density at radius 2 is 1.67 bits per heavy atom. The average Bonchev–Trinajstić information content (AvgIpc) is 3.15. The molecule has 0 aromatic heterocycles. The fraction of sp³-hybridized carbons (Fsp3) is 0.333. The van der Waals surface area contributed by atoms with Crippen molar-refractivity contribution < 1.29 is 49.5 Å². The van der Waals surface area contributed by atoms with E-state index in [9.17, 15) is 0 Å². The number of allylic oxidation sites excluding steroid dienone is 6. The van der Waals surface area contributed by atoms with Crippen molar-refractivity contribution in [1.29, 1.82) is 0 Å². The van der Waals surface area contributed by atoms with Gasteiger partial charge in [0.2, 0.25) is 0 Å². The molecule has 4 rings (SSSR count). The third kappa shape index (κ3) is 3.09. The van der Waals surface area contributed by atoms with Gasteiger partial charge in [0.1, 0.15) is 0 Å². The zero-order valence-electron chi connectivity index (χ0n) is 14.2. The minimum absolute atomic E-state index is 0. The molecule has 24 heavy (non-hydrogen) atoms. The zero-order valence-corrected chi connectivity index (χ0v) is 18.1. The van der Waals surface area contributed by atoms with E-state index in [1.165, 1.54) is 52.8 Å². The van der Waals surface area contributed by atoms with Crippen LogP contribution in [0.25, 0.3) is 20.0 Å². The second kappa shape index (κ2) is 7.90. The smallest absolute Gasteiger partial charge is 1.00 e. The zero-order chi connectivity index (χ0) is 15.3. The van der Waals surface area contributed by atoms with Crippen LogP contribution in [0.5, 0.6) is 0 Å². The molecule has 0 fully saturated rings. The van der Waals surface area contributed by atoms with Crippen molar-refractivity contribution in [2.24, 2.45) is 0 Å². The van der Waals surface area contributed by atoms with E-state index in [0.29, 0.717) is 0 Å². The maximum atomic E-state index is 2.40. The second-order valence-corrected chi connectivity index (χ2v) is 8.00. The number of halogens is 2. The van der Waals surface area contributed by atoms with Gasteiger partial charge in [-0.3, -0.25) is 0 Å². The molecular formula is C21H21Cl2Zr. The van der Waals surface area contributed by atoms with Crippen LogP contribution in [-0.2, 0) is 24.7 Å². The summed E-state index contributed by atoms with van der Waals surface area (Å²) in [5.41, 5.74) is 9.44. The van der Waals surface area contributed by atoms with E-state index in [0.717, 1.165) is 6.42 Å². The SMILES string of the molecule is CC(C)=c1ccc2c(c1C1=CC=CC1)C1=C(CCCC1)[C]=2[Zr+2].[Cl-].[Cl-]. The number of rotatable bonds is 1. The molecule has 1 aromatic carbocycles. The third-order valence-electron chi connectivity index (χ3n) is 5.18. The number of fused-ring (bicyclic) bond motifs is 2. The first kappa shape index (κ1) is 20.0. The van der Waals surface area contributed by atoms with Crippen LogP contribution in [0.4, 0.5) is 0 Å². The topological polar surface area (TPSA) is 0 Å². The minimum atomic E-state index is 0. The Morgan fingerprint density at radius 3 is 2.29 bits per heavy atom. The van der Waals surface area contributed by atoms with Crippen LogP contribution >= 0.6 is 0 Å². The maximum absolute atomic E-state index is 2.40. The van der Waals surface area contributed by atoms with E-state index >= 15 is 0 Å². The summed E-state index contributed by atoms with van der Waals surface area (Å²) in [5, 5.41) is 2.99. The van der Waals surface area contributed by atoms with Gasteiger partial charge in [-0.15, -0.1) is 0 Å². The summed E-state index contributed by atoms with van der Waals surface area (Å²) in [5.74, 6) is 0. The van der Waals surface area contributed by atoms with Crippen LogP contribution in [0.15, 0.2) is 35.9 Å². The van der Waals surface area contributed by atoms with Crippen LogP contribution in [-0.4, -0.2) is 0 Å². The summed E-state index contributed by atoms with van der Waals surface area (Å²) in [6, 6.07) is 4.76. The standard InChI is InChI=1S/C21H21.2ClH.Zr/c1-14(2)18-12-11-17-13-16-9-5-6-10-19(16)21(17)20(18)15-7-3-4-8-15;;;/h3-4,7,11-12H,5-6,8-10H2,1-2H3;2*1H;/q;;;+2/p-2. The fourth-order valence-electron chi connectivity index (χ4n) is 4.13. The Labute approximate surface area is 172 Å². The Kier molecular flexibility index (Phi) is 6.57. The Morgan fingerprint density at radius 1 is 0.958 bits per heavy atom. The van der Waals surface area contributed by atoms with Gasteiger partial charge in [0.05, 0.1) is 0 Å². The van der Waals surface area contributed by atoms with Crippen LogP contribution in [0, 0.1) is 0 Å². The van der Waals surface area contributed by atoms with Crippen molar-refractivity contribution >= 4 is 20.0 Å². The molecule has 0 atom stereocenters. The van der Waals surface area contributed by atoms with E-state index in [4.69, 9.17) is 0 Å². The van der Waals surface area contributed by atoms with Crippen LogP contribution < -0.4 is 35.3 Å². The predicted octanol–water partition coefficient (Wildman–Crippen LogP) is -1.78. The average molecular weight is 436 g/mol. The first-order chi connectivity index (χ1) is 10.7. The quantitative estimate of drug-likeness (QED) is 0.490. The van der Waals surface area contributed by atoms with Gasteiger partial charge in [-0.05, 0) is 0 Å². The molecule has 0 N–H and O–H groups in total. The molecule has 3 heteroatoms. The van der Waals surface area contributed by atoms with Crippen molar-refractivity contribution in [3.8, 4) is 0 Å². The summed E-state index contributed by atoms with van der Waals surface area (Å²) < 4.78 is 1.63. The monoisotopic (exact) mass is 433 g/mol. The molecule has 3 aliphatic carbocycles. The molecular weight excluding hydrogens is 414 g/mol. The Hall–Kier alpha value is -0.357. The largest absolute Gasteiger partial charge is 1.00 e. The van der Waals surface area contributed by atoms with Crippen molar-refractivity contribution in [3.63, 3.8) is 0 Å². The predicted molar refractivity (Wildman–Crippen MR) is 91.0 cm³/mol. The number of hydrogen-bond donors (Lipinski definition) is 0. The molecule has 0 saturated heterocycles. The molecule has 0 amide bonds. The van der Waals surface area contributed by atoms with E-state index in [-0.39, 0.29) is 24.8 Å². The fourth-order valence-corrected chi connectivity index (χ4v) is 5.32. The van der Waals surface area contributed by atoms with Crippen LogP contribution in [0.3, 0.4) is 0 Å². The van der Waals surface area contributed by atoms with Gasteiger partial charge in [0.25, 0.3) is 0 Å². The normalized spacial score (nSPS) is 17.8. The van der Waals surface area contributed by atoms with Crippen molar-refractivity contribution in [2.45, 2.75) is 46.0 Å². The van der Waals surface area contributed by atoms with Crippen molar-refractivity contribution in [1.82, 2.24) is 0 Å². The molecule has 1 aromatic rings. The summed E-state index contributed by atoms with van der Waals surface area (Å²) in [6.07, 6.45) is 13.2. The number of benzene rings is 1. The Bertz CT molecular complexity index is 881. The van der Waals surface area contributed by atoms with E-state index in [2.05, 4.69) is 44.2 Å². The van der Waals surface area contributed by atoms with Gasteiger partial charge >= 0.3 is 148 Å². The molecule has 0 bridgehead atoms. The molecule has 0 radical (unpaired) electrons. The summed E-state index contributed by atoms with van der Waals surface area (Å²) >= 11 is 1.58. The molecule has 0 saturated carbocycles. The third-order valence-corrected chi connectivity index (χ3v) is 6.58. The molecule has 0 heterocycles. The maximum Gasteiger partial charge on any atom is -1.00 e. The van der Waals surface area contributed by atoms with Gasteiger partial charge in [-0.1, -0.05) is 0 Å². The van der Waals surface area contributed by atoms with Crippen molar-refractivity contribution in [3.05, 3.63) is 57.5 Å². The second-order valence-electron chi connectivity index (χ2n) is 6.77. The van der Waals surface area contributed by atoms with E-state index in [1.54, 1.807) is 44.7 Å². The van der Waals surface area contributed by atoms with Gasteiger partial charge in [0, 0.05) is 0 Å². The molecule has 0 unspecified atom stereocenters.